The number of ether oxygens (including phenoxy) is 1. The SMILES string of the molecule is CCOCCS(=O)(=O)N=CC1C[C@@H](CC)[C@@H](c2nnc3cnc4[nH]ccc4n23)C1. The van der Waals surface area contributed by atoms with Crippen LogP contribution >= 0.6 is 0 Å². The first-order valence-corrected chi connectivity index (χ1v) is 11.7. The van der Waals surface area contributed by atoms with E-state index < -0.39 is 10.0 Å². The summed E-state index contributed by atoms with van der Waals surface area (Å²) in [4.78, 5) is 7.50. The van der Waals surface area contributed by atoms with Crippen LogP contribution in [0.5, 0.6) is 0 Å². The fourth-order valence-electron chi connectivity index (χ4n) is 4.24. The maximum absolute atomic E-state index is 12.1. The fraction of sp³-hybridized carbons (Fsp3) is 0.579. The average Bonchev–Trinajstić information content (AvgIpc) is 3.42. The van der Waals surface area contributed by atoms with Gasteiger partial charge in [0.2, 0.25) is 0 Å². The minimum Gasteiger partial charge on any atom is -0.381 e. The molecule has 0 spiro atoms. The Balaban J connectivity index is 1.57. The van der Waals surface area contributed by atoms with Crippen molar-refractivity contribution < 1.29 is 13.2 Å². The number of rotatable bonds is 8. The van der Waals surface area contributed by atoms with Crippen LogP contribution in [0.3, 0.4) is 0 Å². The highest BCUT2D eigenvalue weighted by Gasteiger charge is 2.36. The van der Waals surface area contributed by atoms with Crippen LogP contribution in [0.1, 0.15) is 44.9 Å². The quantitative estimate of drug-likeness (QED) is 0.444. The number of nitrogens with zero attached hydrogens (tertiary/aromatic N) is 5. The molecule has 3 aromatic rings. The second-order valence-electron chi connectivity index (χ2n) is 7.47. The predicted octanol–water partition coefficient (Wildman–Crippen LogP) is 2.56. The Morgan fingerprint density at radius 3 is 3.00 bits per heavy atom. The summed E-state index contributed by atoms with van der Waals surface area (Å²) in [6.45, 7) is 4.67. The largest absolute Gasteiger partial charge is 0.381 e. The maximum atomic E-state index is 12.1. The van der Waals surface area contributed by atoms with Gasteiger partial charge in [0.25, 0.3) is 10.0 Å². The van der Waals surface area contributed by atoms with Gasteiger partial charge in [0.05, 0.1) is 24.1 Å². The lowest BCUT2D eigenvalue weighted by atomic mass is 9.93. The van der Waals surface area contributed by atoms with E-state index in [2.05, 4.69) is 35.9 Å². The fourth-order valence-corrected chi connectivity index (χ4v) is 5.03. The van der Waals surface area contributed by atoms with Crippen molar-refractivity contribution in [3.8, 4) is 0 Å². The molecule has 10 heteroatoms. The van der Waals surface area contributed by atoms with Gasteiger partial charge in [-0.1, -0.05) is 13.3 Å². The minimum absolute atomic E-state index is 0.0853. The number of hydrogen-bond acceptors (Lipinski definition) is 6. The number of nitrogens with one attached hydrogen (secondary N) is 1. The molecule has 0 saturated heterocycles. The highest BCUT2D eigenvalue weighted by molar-refractivity contribution is 7.90. The summed E-state index contributed by atoms with van der Waals surface area (Å²) >= 11 is 0. The first-order valence-electron chi connectivity index (χ1n) is 10.1. The second kappa shape index (κ2) is 8.19. The molecule has 3 heterocycles. The summed E-state index contributed by atoms with van der Waals surface area (Å²) in [7, 11) is -3.49. The van der Waals surface area contributed by atoms with Crippen molar-refractivity contribution in [2.75, 3.05) is 19.0 Å². The number of aromatic amines is 1. The first-order chi connectivity index (χ1) is 14.0. The molecule has 1 aliphatic carbocycles. The third kappa shape index (κ3) is 4.04. The van der Waals surface area contributed by atoms with Gasteiger partial charge < -0.3 is 9.72 Å². The highest BCUT2D eigenvalue weighted by Crippen LogP contribution is 2.44. The molecule has 0 aliphatic heterocycles. The zero-order chi connectivity index (χ0) is 20.4. The van der Waals surface area contributed by atoms with Gasteiger partial charge >= 0.3 is 0 Å². The van der Waals surface area contributed by atoms with Crippen LogP contribution in [0.15, 0.2) is 22.9 Å². The number of H-pyrrole nitrogens is 1. The van der Waals surface area contributed by atoms with Crippen molar-refractivity contribution in [3.05, 3.63) is 24.3 Å². The normalized spacial score (nSPS) is 23.0. The van der Waals surface area contributed by atoms with E-state index in [9.17, 15) is 8.42 Å². The molecule has 0 bridgehead atoms. The molecule has 1 unspecified atom stereocenters. The van der Waals surface area contributed by atoms with Gasteiger partial charge in [0.1, 0.15) is 5.82 Å². The van der Waals surface area contributed by atoms with Crippen molar-refractivity contribution in [2.45, 2.75) is 39.0 Å². The molecular weight excluding hydrogens is 392 g/mol. The zero-order valence-corrected chi connectivity index (χ0v) is 17.5. The molecule has 1 saturated carbocycles. The Morgan fingerprint density at radius 1 is 1.34 bits per heavy atom. The lowest BCUT2D eigenvalue weighted by Crippen LogP contribution is -2.11. The molecule has 3 atom stereocenters. The van der Waals surface area contributed by atoms with Crippen molar-refractivity contribution >= 4 is 33.0 Å². The minimum atomic E-state index is -3.49. The zero-order valence-electron chi connectivity index (χ0n) is 16.7. The van der Waals surface area contributed by atoms with E-state index in [0.717, 1.165) is 41.9 Å². The topological polar surface area (TPSA) is 115 Å². The van der Waals surface area contributed by atoms with Crippen LogP contribution in [-0.2, 0) is 14.8 Å². The van der Waals surface area contributed by atoms with E-state index >= 15 is 0 Å². The summed E-state index contributed by atoms with van der Waals surface area (Å²) in [6, 6.07) is 1.97. The number of aromatic nitrogens is 5. The van der Waals surface area contributed by atoms with Crippen molar-refractivity contribution in [3.63, 3.8) is 0 Å². The van der Waals surface area contributed by atoms with Gasteiger partial charge in [0, 0.05) is 24.9 Å². The van der Waals surface area contributed by atoms with Crippen LogP contribution in [0, 0.1) is 11.8 Å². The van der Waals surface area contributed by atoms with Crippen LogP contribution in [-0.4, -0.2) is 58.2 Å². The standard InChI is InChI=1S/C19H26N6O3S/c1-3-14-9-13(11-22-29(26,27)8-7-28-4-2)10-15(14)19-24-23-17-12-21-18-16(25(17)19)5-6-20-18/h5-6,11-15,20H,3-4,7-10H2,1-2H3/t13?,14-,15+/m1/s1. The molecule has 0 aromatic carbocycles. The molecule has 1 N–H and O–H groups in total. The molecule has 3 aromatic heterocycles. The van der Waals surface area contributed by atoms with Gasteiger partial charge in [-0.2, -0.15) is 4.40 Å². The Bertz CT molecular complexity index is 1120. The van der Waals surface area contributed by atoms with Crippen molar-refractivity contribution in [1.82, 2.24) is 24.6 Å². The summed E-state index contributed by atoms with van der Waals surface area (Å²) in [5.74, 6) is 1.51. The van der Waals surface area contributed by atoms with E-state index in [4.69, 9.17) is 4.74 Å². The van der Waals surface area contributed by atoms with E-state index in [1.165, 1.54) is 0 Å². The van der Waals surface area contributed by atoms with Gasteiger partial charge in [-0.25, -0.2) is 13.4 Å². The molecule has 29 heavy (non-hydrogen) atoms. The molecular formula is C19H26N6O3S. The smallest absolute Gasteiger partial charge is 0.255 e. The van der Waals surface area contributed by atoms with Crippen molar-refractivity contribution in [2.24, 2.45) is 16.2 Å². The van der Waals surface area contributed by atoms with E-state index in [-0.39, 0.29) is 24.2 Å². The van der Waals surface area contributed by atoms with Gasteiger partial charge in [-0.15, -0.1) is 10.2 Å². The van der Waals surface area contributed by atoms with Gasteiger partial charge in [0.15, 0.2) is 11.3 Å². The Labute approximate surface area is 169 Å². The van der Waals surface area contributed by atoms with Crippen LogP contribution < -0.4 is 0 Å². The Morgan fingerprint density at radius 2 is 2.21 bits per heavy atom. The molecule has 1 fully saturated rings. The van der Waals surface area contributed by atoms with Crippen LogP contribution in [0.2, 0.25) is 0 Å². The third-order valence-electron chi connectivity index (χ3n) is 5.68. The monoisotopic (exact) mass is 418 g/mol. The number of hydrogen-bond donors (Lipinski definition) is 1. The lowest BCUT2D eigenvalue weighted by Gasteiger charge is -2.16. The molecule has 156 valence electrons. The Kier molecular flexibility index (Phi) is 5.64. The average molecular weight is 419 g/mol. The van der Waals surface area contributed by atoms with Gasteiger partial charge in [-0.3, -0.25) is 4.40 Å². The number of sulfonamides is 1. The summed E-state index contributed by atoms with van der Waals surface area (Å²) in [6.07, 6.45) is 7.87. The molecule has 1 aliphatic rings. The van der Waals surface area contributed by atoms with Crippen molar-refractivity contribution in [1.29, 1.82) is 0 Å². The summed E-state index contributed by atoms with van der Waals surface area (Å²) in [5.41, 5.74) is 2.47. The summed E-state index contributed by atoms with van der Waals surface area (Å²) in [5, 5.41) is 8.79. The first kappa shape index (κ1) is 20.0. The highest BCUT2D eigenvalue weighted by atomic mass is 32.2. The van der Waals surface area contributed by atoms with Crippen LogP contribution in [0.4, 0.5) is 0 Å². The summed E-state index contributed by atoms with van der Waals surface area (Å²) < 4.78 is 35.3. The molecule has 0 amide bonds. The molecule has 9 nitrogen and oxygen atoms in total. The van der Waals surface area contributed by atoms with Crippen LogP contribution in [0.25, 0.3) is 16.8 Å². The van der Waals surface area contributed by atoms with Gasteiger partial charge in [-0.05, 0) is 37.7 Å². The predicted molar refractivity (Wildman–Crippen MR) is 111 cm³/mol. The second-order valence-corrected chi connectivity index (χ2v) is 9.25. The number of fused-ring (bicyclic) bond motifs is 3. The third-order valence-corrected chi connectivity index (χ3v) is 6.80. The van der Waals surface area contributed by atoms with E-state index in [0.29, 0.717) is 12.5 Å². The molecule has 4 rings (SSSR count). The van der Waals surface area contributed by atoms with E-state index in [1.54, 1.807) is 12.4 Å². The lowest BCUT2D eigenvalue weighted by molar-refractivity contribution is 0.163. The maximum Gasteiger partial charge on any atom is 0.255 e. The molecule has 0 radical (unpaired) electrons. The van der Waals surface area contributed by atoms with E-state index in [1.807, 2.05) is 19.2 Å². The Hall–Kier alpha value is -2.33.